The number of amides is 1. The smallest absolute Gasteiger partial charge is 0.264 e. The van der Waals surface area contributed by atoms with Crippen molar-refractivity contribution in [2.75, 3.05) is 13.2 Å². The van der Waals surface area contributed by atoms with Gasteiger partial charge in [0.15, 0.2) is 16.7 Å². The van der Waals surface area contributed by atoms with Gasteiger partial charge in [0.2, 0.25) is 0 Å². The Kier molecular flexibility index (Phi) is 7.02. The minimum absolute atomic E-state index is 0.143. The zero-order valence-electron chi connectivity index (χ0n) is 16.0. The van der Waals surface area contributed by atoms with Gasteiger partial charge in [-0.25, -0.2) is 4.99 Å². The fourth-order valence-electron chi connectivity index (χ4n) is 2.52. The normalized spacial score (nSPS) is 16.0. The molecule has 29 heavy (non-hydrogen) atoms. The highest BCUT2D eigenvalue weighted by Crippen LogP contribution is 2.37. The van der Waals surface area contributed by atoms with Crippen LogP contribution in [-0.4, -0.2) is 24.3 Å². The van der Waals surface area contributed by atoms with Gasteiger partial charge in [0.1, 0.15) is 6.61 Å². The second-order valence-corrected chi connectivity index (χ2v) is 7.95. The predicted octanol–water partition coefficient (Wildman–Crippen LogP) is 5.06. The van der Waals surface area contributed by atoms with E-state index in [1.165, 1.54) is 11.8 Å². The first-order chi connectivity index (χ1) is 14.0. The number of terminal acetylenes is 1. The average Bonchev–Trinajstić information content (AvgIpc) is 3.04. The quantitative estimate of drug-likeness (QED) is 0.473. The van der Waals surface area contributed by atoms with Crippen LogP contribution in [0, 0.1) is 19.3 Å². The first-order valence-electron chi connectivity index (χ1n) is 8.89. The van der Waals surface area contributed by atoms with E-state index in [2.05, 4.69) is 32.2 Å². The van der Waals surface area contributed by atoms with Crippen molar-refractivity contribution >= 4 is 50.5 Å². The number of hydrogen-bond donors (Lipinski definition) is 1. The highest BCUT2D eigenvalue weighted by molar-refractivity contribution is 9.10. The van der Waals surface area contributed by atoms with Gasteiger partial charge in [-0.05, 0) is 61.5 Å². The molecule has 2 aromatic rings. The molecular weight excluding hydrogens is 452 g/mol. The number of carbonyl (C=O) groups is 1. The number of aliphatic imine (C=N–C) groups is 1. The molecule has 1 aliphatic rings. The van der Waals surface area contributed by atoms with Gasteiger partial charge in [0, 0.05) is 4.47 Å². The van der Waals surface area contributed by atoms with Gasteiger partial charge in [0.25, 0.3) is 5.91 Å². The van der Waals surface area contributed by atoms with Gasteiger partial charge >= 0.3 is 0 Å². The van der Waals surface area contributed by atoms with Crippen LogP contribution in [0.25, 0.3) is 6.08 Å². The van der Waals surface area contributed by atoms with Crippen LogP contribution in [-0.2, 0) is 4.79 Å². The Morgan fingerprint density at radius 3 is 2.66 bits per heavy atom. The number of benzene rings is 2. The van der Waals surface area contributed by atoms with Crippen molar-refractivity contribution in [3.63, 3.8) is 0 Å². The van der Waals surface area contributed by atoms with Gasteiger partial charge in [-0.1, -0.05) is 39.5 Å². The molecule has 1 saturated heterocycles. The van der Waals surface area contributed by atoms with E-state index >= 15 is 0 Å². The lowest BCUT2D eigenvalue weighted by Gasteiger charge is -2.12. The molecule has 0 atom stereocenters. The van der Waals surface area contributed by atoms with Crippen molar-refractivity contribution in [2.24, 2.45) is 4.99 Å². The number of amidine groups is 1. The molecular formula is C22H19BrN2O3S. The molecule has 1 heterocycles. The number of nitrogens with zero attached hydrogens (tertiary/aromatic N) is 1. The highest BCUT2D eigenvalue weighted by atomic mass is 79.9. The highest BCUT2D eigenvalue weighted by Gasteiger charge is 2.24. The van der Waals surface area contributed by atoms with E-state index in [0.29, 0.717) is 28.2 Å². The first-order valence-corrected chi connectivity index (χ1v) is 10.5. The molecule has 148 valence electrons. The van der Waals surface area contributed by atoms with Crippen molar-refractivity contribution in [3.8, 4) is 23.8 Å². The van der Waals surface area contributed by atoms with Gasteiger partial charge in [-0.15, -0.1) is 6.42 Å². The maximum Gasteiger partial charge on any atom is 0.264 e. The zero-order valence-corrected chi connectivity index (χ0v) is 18.4. The number of nitrogens with one attached hydrogen (secondary N) is 1. The maximum atomic E-state index is 12.4. The van der Waals surface area contributed by atoms with E-state index in [1.54, 1.807) is 12.1 Å². The number of rotatable bonds is 6. The van der Waals surface area contributed by atoms with E-state index in [4.69, 9.17) is 15.9 Å². The van der Waals surface area contributed by atoms with Crippen molar-refractivity contribution in [1.29, 1.82) is 0 Å². The standard InChI is InChI=1S/C22H19BrN2O3S/c1-4-10-28-19-13-17(23)15(11-18(19)27-5-2)12-20-21(26)25-22(29-20)24-16-8-6-14(3)7-9-16/h1,6-9,11-13H,5,10H2,2-3H3,(H,24,25,26)/b20-12+. The number of thioether (sulfide) groups is 1. The van der Waals surface area contributed by atoms with Crippen LogP contribution in [0.5, 0.6) is 11.5 Å². The van der Waals surface area contributed by atoms with E-state index in [9.17, 15) is 4.79 Å². The second-order valence-electron chi connectivity index (χ2n) is 6.06. The number of halogens is 1. The summed E-state index contributed by atoms with van der Waals surface area (Å²) < 4.78 is 12.0. The lowest BCUT2D eigenvalue weighted by Crippen LogP contribution is -2.19. The van der Waals surface area contributed by atoms with Crippen LogP contribution >= 0.6 is 27.7 Å². The molecule has 0 radical (unpaired) electrons. The summed E-state index contributed by atoms with van der Waals surface area (Å²) in [5, 5.41) is 3.34. The van der Waals surface area contributed by atoms with Gasteiger partial charge in [-0.3, -0.25) is 4.79 Å². The van der Waals surface area contributed by atoms with E-state index < -0.39 is 0 Å². The predicted molar refractivity (Wildman–Crippen MR) is 122 cm³/mol. The Bertz CT molecular complexity index is 1020. The molecule has 1 N–H and O–H groups in total. The molecule has 1 fully saturated rings. The summed E-state index contributed by atoms with van der Waals surface area (Å²) in [6.45, 7) is 4.52. The Morgan fingerprint density at radius 1 is 1.24 bits per heavy atom. The van der Waals surface area contributed by atoms with Gasteiger partial charge in [-0.2, -0.15) is 0 Å². The summed E-state index contributed by atoms with van der Waals surface area (Å²) in [6, 6.07) is 11.4. The fraction of sp³-hybridized carbons (Fsp3) is 0.182. The van der Waals surface area contributed by atoms with E-state index in [0.717, 1.165) is 21.3 Å². The average molecular weight is 471 g/mol. The summed E-state index contributed by atoms with van der Waals surface area (Å²) in [5.74, 6) is 3.35. The third-order valence-electron chi connectivity index (χ3n) is 3.88. The Morgan fingerprint density at radius 2 is 1.97 bits per heavy atom. The maximum absolute atomic E-state index is 12.4. The van der Waals surface area contributed by atoms with E-state index in [1.807, 2.05) is 44.2 Å². The van der Waals surface area contributed by atoms with Crippen LogP contribution in [0.3, 0.4) is 0 Å². The SMILES string of the molecule is C#CCOc1cc(Br)c(/C=C2/SC(=Nc3ccc(C)cc3)NC2=O)cc1OCC. The Balaban J connectivity index is 1.87. The van der Waals surface area contributed by atoms with Crippen LogP contribution in [0.15, 0.2) is 50.8 Å². The lowest BCUT2D eigenvalue weighted by atomic mass is 10.2. The Labute approximate surface area is 182 Å². The topological polar surface area (TPSA) is 59.9 Å². The third kappa shape index (κ3) is 5.43. The third-order valence-corrected chi connectivity index (χ3v) is 5.47. The zero-order chi connectivity index (χ0) is 20.8. The minimum Gasteiger partial charge on any atom is -0.490 e. The molecule has 0 aliphatic carbocycles. The molecule has 0 spiro atoms. The van der Waals surface area contributed by atoms with Crippen LogP contribution in [0.1, 0.15) is 18.1 Å². The van der Waals surface area contributed by atoms with Crippen LogP contribution in [0.2, 0.25) is 0 Å². The fourth-order valence-corrected chi connectivity index (χ4v) is 3.79. The summed E-state index contributed by atoms with van der Waals surface area (Å²) in [5.41, 5.74) is 2.73. The van der Waals surface area contributed by atoms with Gasteiger partial charge in [0.05, 0.1) is 17.2 Å². The molecule has 7 heteroatoms. The second kappa shape index (κ2) is 9.68. The van der Waals surface area contributed by atoms with Crippen molar-refractivity contribution in [1.82, 2.24) is 5.32 Å². The summed E-state index contributed by atoms with van der Waals surface area (Å²) in [6.07, 6.45) is 7.06. The largest absolute Gasteiger partial charge is 0.490 e. The summed E-state index contributed by atoms with van der Waals surface area (Å²) in [4.78, 5) is 17.4. The molecule has 0 unspecified atom stereocenters. The van der Waals surface area contributed by atoms with Crippen molar-refractivity contribution in [3.05, 3.63) is 56.9 Å². The number of aryl methyl sites for hydroxylation is 1. The first kappa shape index (κ1) is 21.0. The van der Waals surface area contributed by atoms with Crippen LogP contribution in [0.4, 0.5) is 5.69 Å². The van der Waals surface area contributed by atoms with Crippen molar-refractivity contribution in [2.45, 2.75) is 13.8 Å². The summed E-state index contributed by atoms with van der Waals surface area (Å²) >= 11 is 4.81. The summed E-state index contributed by atoms with van der Waals surface area (Å²) in [7, 11) is 0. The lowest BCUT2D eigenvalue weighted by molar-refractivity contribution is -0.115. The molecule has 3 rings (SSSR count). The molecule has 1 amide bonds. The van der Waals surface area contributed by atoms with Crippen molar-refractivity contribution < 1.29 is 14.3 Å². The molecule has 2 aromatic carbocycles. The molecule has 1 aliphatic heterocycles. The van der Waals surface area contributed by atoms with E-state index in [-0.39, 0.29) is 12.5 Å². The molecule has 5 nitrogen and oxygen atoms in total. The van der Waals surface area contributed by atoms with Crippen LogP contribution < -0.4 is 14.8 Å². The molecule has 0 bridgehead atoms. The van der Waals surface area contributed by atoms with Gasteiger partial charge < -0.3 is 14.8 Å². The molecule has 0 aromatic heterocycles. The molecule has 0 saturated carbocycles. The monoisotopic (exact) mass is 470 g/mol. The minimum atomic E-state index is -0.196. The number of hydrogen-bond acceptors (Lipinski definition) is 5. The number of ether oxygens (including phenoxy) is 2. The Hall–Kier alpha value is -2.69. The number of carbonyl (C=O) groups excluding carboxylic acids is 1.